The molecule has 5 heteroatoms. The zero-order chi connectivity index (χ0) is 37.0. The molecule has 0 aliphatic rings. The fourth-order valence-electron chi connectivity index (χ4n) is 7.99. The summed E-state index contributed by atoms with van der Waals surface area (Å²) in [6.07, 6.45) is 0. The van der Waals surface area contributed by atoms with Gasteiger partial charge in [0.25, 0.3) is 0 Å². The van der Waals surface area contributed by atoms with E-state index in [1.54, 1.807) is 0 Å². The predicted molar refractivity (Wildman–Crippen MR) is 229 cm³/mol. The van der Waals surface area contributed by atoms with Gasteiger partial charge in [-0.25, -0.2) is 15.0 Å². The number of nitrogens with zero attached hydrogens (tertiary/aromatic N) is 4. The van der Waals surface area contributed by atoms with Gasteiger partial charge in [-0.05, 0) is 53.1 Å². The van der Waals surface area contributed by atoms with Crippen LogP contribution in [0.25, 0.3) is 106 Å². The Bertz CT molecular complexity index is 3150. The van der Waals surface area contributed by atoms with E-state index in [1.807, 2.05) is 60.7 Å². The summed E-state index contributed by atoms with van der Waals surface area (Å²) >= 11 is 0. The van der Waals surface area contributed by atoms with Crippen LogP contribution in [0.3, 0.4) is 0 Å². The molecule has 0 radical (unpaired) electrons. The first-order valence-corrected chi connectivity index (χ1v) is 18.8. The van der Waals surface area contributed by atoms with E-state index in [4.69, 9.17) is 19.4 Å². The quantitative estimate of drug-likeness (QED) is 0.172. The maximum Gasteiger partial charge on any atom is 0.164 e. The zero-order valence-electron chi connectivity index (χ0n) is 30.2. The molecule has 8 aromatic carbocycles. The maximum absolute atomic E-state index is 7.05. The van der Waals surface area contributed by atoms with E-state index in [-0.39, 0.29) is 0 Å². The lowest BCUT2D eigenvalue weighted by atomic mass is 10.00. The minimum Gasteiger partial charge on any atom is -0.455 e. The summed E-state index contributed by atoms with van der Waals surface area (Å²) in [5.74, 6) is 1.90. The van der Waals surface area contributed by atoms with Gasteiger partial charge in [0.15, 0.2) is 17.5 Å². The summed E-state index contributed by atoms with van der Waals surface area (Å²) in [5.41, 5.74) is 12.3. The molecule has 3 aromatic heterocycles. The van der Waals surface area contributed by atoms with Crippen molar-refractivity contribution in [2.24, 2.45) is 0 Å². The number of rotatable bonds is 6. The van der Waals surface area contributed by atoms with Crippen molar-refractivity contribution in [2.75, 3.05) is 0 Å². The maximum atomic E-state index is 7.05. The number of para-hydroxylation sites is 2. The highest BCUT2D eigenvalue weighted by atomic mass is 16.3. The first-order valence-electron chi connectivity index (χ1n) is 18.8. The molecule has 0 saturated heterocycles. The van der Waals surface area contributed by atoms with E-state index >= 15 is 0 Å². The second-order valence-corrected chi connectivity index (χ2v) is 14.0. The van der Waals surface area contributed by atoms with Gasteiger partial charge in [-0.1, -0.05) is 158 Å². The smallest absolute Gasteiger partial charge is 0.164 e. The molecule has 262 valence electrons. The van der Waals surface area contributed by atoms with E-state index in [9.17, 15) is 0 Å². The lowest BCUT2D eigenvalue weighted by Gasteiger charge is -2.09. The molecule has 0 saturated carbocycles. The fourth-order valence-corrected chi connectivity index (χ4v) is 7.99. The third-order valence-electron chi connectivity index (χ3n) is 10.7. The molecule has 0 spiro atoms. The molecule has 0 N–H and O–H groups in total. The zero-order valence-corrected chi connectivity index (χ0v) is 30.2. The van der Waals surface area contributed by atoms with Crippen LogP contribution in [0.15, 0.2) is 199 Å². The Morgan fingerprint density at radius 1 is 0.339 bits per heavy atom. The SMILES string of the molecule is c1ccc(-c2ccc3c(c2)c2c4oc5c(-c6ccc(-c7nc(-c8ccccc8)nc(-c8ccccc8)n7)cc6)cccc5c4ccc2n3-c2ccccc2)cc1. The van der Waals surface area contributed by atoms with Crippen molar-refractivity contribution < 1.29 is 4.42 Å². The average molecular weight is 717 g/mol. The molecule has 3 heterocycles. The summed E-state index contributed by atoms with van der Waals surface area (Å²) in [6, 6.07) is 67.3. The molecule has 11 aromatic rings. The van der Waals surface area contributed by atoms with Crippen molar-refractivity contribution in [1.29, 1.82) is 0 Å². The van der Waals surface area contributed by atoms with Crippen LogP contribution in [-0.4, -0.2) is 19.5 Å². The van der Waals surface area contributed by atoms with Crippen molar-refractivity contribution in [2.45, 2.75) is 0 Å². The van der Waals surface area contributed by atoms with Gasteiger partial charge in [0, 0.05) is 44.1 Å². The first-order chi connectivity index (χ1) is 27.8. The summed E-state index contributed by atoms with van der Waals surface area (Å²) < 4.78 is 9.40. The number of benzene rings is 8. The van der Waals surface area contributed by atoms with E-state index < -0.39 is 0 Å². The minimum absolute atomic E-state index is 0.623. The Balaban J connectivity index is 1.07. The third kappa shape index (κ3) is 5.29. The number of hydrogen-bond acceptors (Lipinski definition) is 4. The van der Waals surface area contributed by atoms with Crippen molar-refractivity contribution in [1.82, 2.24) is 19.5 Å². The molecule has 0 bridgehead atoms. The molecule has 11 rings (SSSR count). The lowest BCUT2D eigenvalue weighted by molar-refractivity contribution is 0.674. The number of furan rings is 1. The lowest BCUT2D eigenvalue weighted by Crippen LogP contribution is -2.00. The van der Waals surface area contributed by atoms with Crippen LogP contribution >= 0.6 is 0 Å². The molecule has 0 aliphatic carbocycles. The molecule has 0 amide bonds. The van der Waals surface area contributed by atoms with Gasteiger partial charge in [0.1, 0.15) is 11.2 Å². The highest BCUT2D eigenvalue weighted by Crippen LogP contribution is 2.44. The standard InChI is InChI=1S/C51H32N4O/c1-5-14-33(15-6-1)38-28-30-44-43(32-38)46-45(55(44)39-20-11-4-12-21-39)31-29-42-41-23-13-22-40(47(41)56-48(42)46)34-24-26-37(27-25-34)51-53-49(35-16-7-2-8-17-35)52-50(54-51)36-18-9-3-10-19-36/h1-32H. The van der Waals surface area contributed by atoms with Crippen LogP contribution in [0.1, 0.15) is 0 Å². The Kier molecular flexibility index (Phi) is 7.42. The van der Waals surface area contributed by atoms with Gasteiger partial charge in [0.2, 0.25) is 0 Å². The minimum atomic E-state index is 0.623. The molecule has 0 atom stereocenters. The van der Waals surface area contributed by atoms with Gasteiger partial charge >= 0.3 is 0 Å². The van der Waals surface area contributed by atoms with Gasteiger partial charge < -0.3 is 8.98 Å². The Hall–Kier alpha value is -7.63. The topological polar surface area (TPSA) is 56.7 Å². The summed E-state index contributed by atoms with van der Waals surface area (Å²) in [4.78, 5) is 14.7. The van der Waals surface area contributed by atoms with E-state index in [2.05, 4.69) is 138 Å². The molecule has 0 aliphatic heterocycles. The molecular formula is C51H32N4O. The Labute approximate surface area is 322 Å². The summed E-state index contributed by atoms with van der Waals surface area (Å²) in [6.45, 7) is 0. The van der Waals surface area contributed by atoms with Gasteiger partial charge in [-0.2, -0.15) is 0 Å². The van der Waals surface area contributed by atoms with E-state index in [1.165, 1.54) is 11.1 Å². The summed E-state index contributed by atoms with van der Waals surface area (Å²) in [5, 5.41) is 4.44. The van der Waals surface area contributed by atoms with E-state index in [0.717, 1.165) is 77.2 Å². The monoisotopic (exact) mass is 716 g/mol. The largest absolute Gasteiger partial charge is 0.455 e. The number of aromatic nitrogens is 4. The van der Waals surface area contributed by atoms with Crippen LogP contribution in [0.4, 0.5) is 0 Å². The molecule has 56 heavy (non-hydrogen) atoms. The Morgan fingerprint density at radius 2 is 0.839 bits per heavy atom. The summed E-state index contributed by atoms with van der Waals surface area (Å²) in [7, 11) is 0. The van der Waals surface area contributed by atoms with Crippen LogP contribution in [-0.2, 0) is 0 Å². The predicted octanol–water partition coefficient (Wildman–Crippen LogP) is 13.2. The van der Waals surface area contributed by atoms with Gasteiger partial charge in [-0.15, -0.1) is 0 Å². The molecule has 5 nitrogen and oxygen atoms in total. The van der Waals surface area contributed by atoms with Crippen molar-refractivity contribution in [3.05, 3.63) is 194 Å². The number of fused-ring (bicyclic) bond motifs is 7. The van der Waals surface area contributed by atoms with Crippen molar-refractivity contribution >= 4 is 43.7 Å². The van der Waals surface area contributed by atoms with Crippen molar-refractivity contribution in [3.63, 3.8) is 0 Å². The van der Waals surface area contributed by atoms with E-state index in [0.29, 0.717) is 17.5 Å². The van der Waals surface area contributed by atoms with Crippen LogP contribution in [0.2, 0.25) is 0 Å². The fraction of sp³-hybridized carbons (Fsp3) is 0. The second kappa shape index (κ2) is 13.0. The Morgan fingerprint density at radius 3 is 1.46 bits per heavy atom. The second-order valence-electron chi connectivity index (χ2n) is 14.0. The number of hydrogen-bond donors (Lipinski definition) is 0. The highest BCUT2D eigenvalue weighted by molar-refractivity contribution is 6.25. The van der Waals surface area contributed by atoms with Gasteiger partial charge in [-0.3, -0.25) is 0 Å². The van der Waals surface area contributed by atoms with Gasteiger partial charge in [0.05, 0.1) is 16.4 Å². The molecule has 0 unspecified atom stereocenters. The van der Waals surface area contributed by atoms with Crippen molar-refractivity contribution in [3.8, 4) is 62.1 Å². The third-order valence-corrected chi connectivity index (χ3v) is 10.7. The molecular weight excluding hydrogens is 685 g/mol. The molecule has 0 fully saturated rings. The average Bonchev–Trinajstić information content (AvgIpc) is 3.83. The normalized spacial score (nSPS) is 11.6. The first kappa shape index (κ1) is 31.9. The van der Waals surface area contributed by atoms with Crippen LogP contribution < -0.4 is 0 Å². The van der Waals surface area contributed by atoms with Crippen LogP contribution in [0.5, 0.6) is 0 Å². The highest BCUT2D eigenvalue weighted by Gasteiger charge is 2.21. The van der Waals surface area contributed by atoms with Crippen LogP contribution in [0, 0.1) is 0 Å².